The number of phenols is 2. The lowest BCUT2D eigenvalue weighted by Gasteiger charge is -2.42. The van der Waals surface area contributed by atoms with Gasteiger partial charge in [-0.3, -0.25) is 24.5 Å². The van der Waals surface area contributed by atoms with Crippen LogP contribution in [-0.2, 0) is 15.9 Å². The van der Waals surface area contributed by atoms with Crippen molar-refractivity contribution in [3.63, 3.8) is 0 Å². The van der Waals surface area contributed by atoms with Crippen molar-refractivity contribution in [2.45, 2.75) is 69.4 Å². The number of hydrogen-bond donors (Lipinski definition) is 6. The highest BCUT2D eigenvalue weighted by Gasteiger charge is 2.49. The van der Waals surface area contributed by atoms with Crippen LogP contribution in [0, 0.1) is 10.1 Å². The number of carbonyl (C=O) groups excluding carboxylic acids is 3. The molecule has 3 aliphatic rings. The van der Waals surface area contributed by atoms with Crippen LogP contribution in [0.25, 0.3) is 0 Å². The topological polar surface area (TPSA) is 253 Å². The highest BCUT2D eigenvalue weighted by Crippen LogP contribution is 2.52. The van der Waals surface area contributed by atoms with Crippen molar-refractivity contribution < 1.29 is 53.9 Å². The second-order valence-corrected chi connectivity index (χ2v) is 12.5. The van der Waals surface area contributed by atoms with E-state index >= 15 is 0 Å². The third-order valence-electron chi connectivity index (χ3n) is 9.46. The minimum absolute atomic E-state index is 0.00177. The van der Waals surface area contributed by atoms with Crippen LogP contribution in [0.2, 0.25) is 0 Å². The van der Waals surface area contributed by atoms with E-state index in [0.29, 0.717) is 0 Å². The molecule has 50 heavy (non-hydrogen) atoms. The number of nitro benzene ring substituents is 1. The van der Waals surface area contributed by atoms with Gasteiger partial charge in [0.25, 0.3) is 11.6 Å². The first kappa shape index (κ1) is 34.6. The zero-order valence-electron chi connectivity index (χ0n) is 27.1. The third-order valence-corrected chi connectivity index (χ3v) is 9.46. The third kappa shape index (κ3) is 5.76. The summed E-state index contributed by atoms with van der Waals surface area (Å²) < 4.78 is 17.4. The Morgan fingerprint density at radius 1 is 1.12 bits per heavy atom. The van der Waals surface area contributed by atoms with Crippen molar-refractivity contribution in [1.29, 1.82) is 0 Å². The number of nitrogens with two attached hydrogens (primary N) is 1. The summed E-state index contributed by atoms with van der Waals surface area (Å²) in [6.07, 6.45) is -4.97. The Morgan fingerprint density at radius 2 is 1.82 bits per heavy atom. The van der Waals surface area contributed by atoms with Crippen LogP contribution in [0.3, 0.4) is 0 Å². The number of hydrogen-bond acceptors (Lipinski definition) is 14. The number of ether oxygens (including phenoxy) is 3. The first-order valence-corrected chi connectivity index (χ1v) is 15.6. The molecule has 262 valence electrons. The maximum Gasteiger partial charge on any atom is 0.271 e. The largest absolute Gasteiger partial charge is 0.507 e. The normalized spacial score (nSPS) is 26.0. The molecule has 16 nitrogen and oxygen atoms in total. The van der Waals surface area contributed by atoms with Crippen molar-refractivity contribution >= 4 is 28.9 Å². The molecule has 6 rings (SSSR count). The highest BCUT2D eigenvalue weighted by molar-refractivity contribution is 6.31. The smallest absolute Gasteiger partial charge is 0.271 e. The number of non-ortho nitro benzene ring substituents is 1. The molecule has 0 bridgehead atoms. The molecule has 6 unspecified atom stereocenters. The van der Waals surface area contributed by atoms with Gasteiger partial charge in [0.05, 0.1) is 52.7 Å². The number of benzene rings is 3. The molecule has 0 radical (unpaired) electrons. The molecule has 1 heterocycles. The van der Waals surface area contributed by atoms with E-state index in [2.05, 4.69) is 10.5 Å². The van der Waals surface area contributed by atoms with Gasteiger partial charge in [-0.25, -0.2) is 5.43 Å². The van der Waals surface area contributed by atoms with Crippen LogP contribution in [0.5, 0.6) is 17.2 Å². The summed E-state index contributed by atoms with van der Waals surface area (Å²) in [7, 11) is 1.32. The zero-order valence-corrected chi connectivity index (χ0v) is 27.1. The molecule has 1 fully saturated rings. The second-order valence-electron chi connectivity index (χ2n) is 12.5. The van der Waals surface area contributed by atoms with Gasteiger partial charge in [0.15, 0.2) is 12.1 Å². The van der Waals surface area contributed by atoms with Gasteiger partial charge in [0.2, 0.25) is 5.78 Å². The number of methoxy groups -OCH3 is 1. The van der Waals surface area contributed by atoms with Gasteiger partial charge in [-0.15, -0.1) is 0 Å². The number of phenolic OH excluding ortho intramolecular Hbond substituents is 2. The fourth-order valence-electron chi connectivity index (χ4n) is 6.73. The minimum atomic E-state index is -2.00. The molecular weight excluding hydrogens is 656 g/mol. The Balaban J connectivity index is 1.43. The fourth-order valence-corrected chi connectivity index (χ4v) is 6.73. The second kappa shape index (κ2) is 12.9. The number of nitro groups is 1. The Bertz CT molecular complexity index is 1970. The number of rotatable bonds is 7. The predicted octanol–water partition coefficient (Wildman–Crippen LogP) is 2.15. The summed E-state index contributed by atoms with van der Waals surface area (Å²) in [4.78, 5) is 51.1. The van der Waals surface area contributed by atoms with Crippen LogP contribution < -0.4 is 15.9 Å². The minimum Gasteiger partial charge on any atom is -0.507 e. The molecule has 1 aliphatic heterocycles. The van der Waals surface area contributed by atoms with Gasteiger partial charge >= 0.3 is 0 Å². The van der Waals surface area contributed by atoms with E-state index in [1.807, 2.05) is 0 Å². The van der Waals surface area contributed by atoms with E-state index < -0.39 is 87.7 Å². The molecular formula is C34H34N4O12. The molecule has 2 aliphatic carbocycles. The SMILES string of the molecule is COc1cccc2c1C(=O)c1c(O)c3c(c(O)c1C2=O)CC(O)(/C(C)=N/NC(=O)c1cccc([N+](=O)[O-])c1)CC3OC1CC(N)C(O)C(C)O1. The predicted molar refractivity (Wildman–Crippen MR) is 173 cm³/mol. The van der Waals surface area contributed by atoms with Crippen molar-refractivity contribution in [3.8, 4) is 17.2 Å². The maximum absolute atomic E-state index is 13.9. The lowest BCUT2D eigenvalue weighted by atomic mass is 9.71. The van der Waals surface area contributed by atoms with E-state index in [1.165, 1.54) is 50.4 Å². The Kier molecular flexibility index (Phi) is 8.92. The summed E-state index contributed by atoms with van der Waals surface area (Å²) >= 11 is 0. The number of aliphatic hydroxyl groups is 2. The Hall–Kier alpha value is -5.26. The first-order valence-electron chi connectivity index (χ1n) is 15.6. The van der Waals surface area contributed by atoms with Crippen LogP contribution in [-0.4, -0.2) is 85.8 Å². The van der Waals surface area contributed by atoms with E-state index in [4.69, 9.17) is 19.9 Å². The van der Waals surface area contributed by atoms with E-state index in [0.717, 1.165) is 6.07 Å². The fraction of sp³-hybridized carbons (Fsp3) is 0.353. The van der Waals surface area contributed by atoms with Gasteiger partial charge in [-0.1, -0.05) is 18.2 Å². The number of nitrogens with one attached hydrogen (secondary N) is 1. The highest BCUT2D eigenvalue weighted by atomic mass is 16.7. The van der Waals surface area contributed by atoms with Gasteiger partial charge in [-0.05, 0) is 26.0 Å². The monoisotopic (exact) mass is 690 g/mol. The average molecular weight is 691 g/mol. The number of carbonyl (C=O) groups is 3. The molecule has 3 aromatic carbocycles. The van der Waals surface area contributed by atoms with Crippen LogP contribution in [0.4, 0.5) is 5.69 Å². The summed E-state index contributed by atoms with van der Waals surface area (Å²) in [5.41, 5.74) is 4.58. The van der Waals surface area contributed by atoms with Crippen LogP contribution in [0.15, 0.2) is 47.6 Å². The Labute approximate surface area is 284 Å². The zero-order chi connectivity index (χ0) is 36.2. The lowest BCUT2D eigenvalue weighted by Crippen LogP contribution is -2.52. The number of amides is 1. The lowest BCUT2D eigenvalue weighted by molar-refractivity contribution is -0.384. The molecule has 1 saturated heterocycles. The van der Waals surface area contributed by atoms with E-state index in [9.17, 15) is 44.9 Å². The Morgan fingerprint density at radius 3 is 2.50 bits per heavy atom. The standard InChI is InChI=1S/C34H34N4O12/c1-14-28(39)20(35)11-23(49-14)50-22-13-34(45,15(2)36-37-33(44)16-6-4-7-17(10-16)38(46)47)12-19-25(22)32(43)27-26(30(19)41)29(40)18-8-5-9-21(48-3)24(18)31(27)42/h4-10,14,20,22-23,28,39,41,43,45H,11-13,35H2,1-3H3,(H,37,44)/b36-15+. The van der Waals surface area contributed by atoms with Crippen molar-refractivity contribution in [3.05, 3.63) is 91.5 Å². The first-order chi connectivity index (χ1) is 23.7. The summed E-state index contributed by atoms with van der Waals surface area (Å²) in [5.74, 6) is -3.61. The molecule has 6 atom stereocenters. The van der Waals surface area contributed by atoms with Crippen LogP contribution in [0.1, 0.15) is 86.1 Å². The maximum atomic E-state index is 13.9. The van der Waals surface area contributed by atoms with Crippen molar-refractivity contribution in [2.75, 3.05) is 7.11 Å². The molecule has 16 heteroatoms. The van der Waals surface area contributed by atoms with Crippen molar-refractivity contribution in [2.24, 2.45) is 10.8 Å². The van der Waals surface area contributed by atoms with Gasteiger partial charge in [-0.2, -0.15) is 5.10 Å². The molecule has 3 aromatic rings. The van der Waals surface area contributed by atoms with E-state index in [-0.39, 0.29) is 57.8 Å². The number of ketones is 2. The summed E-state index contributed by atoms with van der Waals surface area (Å²) in [5, 5.41) is 61.1. The van der Waals surface area contributed by atoms with Gasteiger partial charge in [0, 0.05) is 59.7 Å². The molecule has 1 amide bonds. The van der Waals surface area contributed by atoms with Crippen LogP contribution >= 0.6 is 0 Å². The number of aliphatic hydroxyl groups excluding tert-OH is 1. The molecule has 0 spiro atoms. The number of fused-ring (bicyclic) bond motifs is 3. The molecule has 7 N–H and O–H groups in total. The number of aromatic hydroxyl groups is 2. The molecule has 0 aromatic heterocycles. The van der Waals surface area contributed by atoms with Gasteiger partial charge in [0.1, 0.15) is 22.8 Å². The van der Waals surface area contributed by atoms with Crippen molar-refractivity contribution in [1.82, 2.24) is 5.43 Å². The van der Waals surface area contributed by atoms with E-state index in [1.54, 1.807) is 6.92 Å². The quantitative estimate of drug-likeness (QED) is 0.0704. The average Bonchev–Trinajstić information content (AvgIpc) is 3.09. The summed E-state index contributed by atoms with van der Waals surface area (Å²) in [6, 6.07) is 8.55. The number of hydrazone groups is 1. The summed E-state index contributed by atoms with van der Waals surface area (Å²) in [6.45, 7) is 2.97. The molecule has 0 saturated carbocycles. The number of nitrogens with zero attached hydrogens (tertiary/aromatic N) is 2. The van der Waals surface area contributed by atoms with Gasteiger partial charge < -0.3 is 40.4 Å².